The molecule has 3 fully saturated rings. The van der Waals surface area contributed by atoms with Gasteiger partial charge >= 0.3 is 6.03 Å². The number of phenols is 2. The van der Waals surface area contributed by atoms with Crippen LogP contribution in [0.1, 0.15) is 126 Å². The number of fused-ring (bicyclic) bond motifs is 2. The number of ether oxygens (including phenoxy) is 1. The summed E-state index contributed by atoms with van der Waals surface area (Å²) in [6, 6.07) is 3.10. The maximum atomic E-state index is 15.2. The van der Waals surface area contributed by atoms with Crippen molar-refractivity contribution in [1.29, 1.82) is 0 Å². The van der Waals surface area contributed by atoms with Crippen LogP contribution in [0.25, 0.3) is 21.8 Å². The molecule has 46 heteroatoms. The van der Waals surface area contributed by atoms with Gasteiger partial charge in [-0.2, -0.15) is 0 Å². The van der Waals surface area contributed by atoms with Gasteiger partial charge in [0.1, 0.15) is 96.1 Å². The molecule has 3 saturated heterocycles. The summed E-state index contributed by atoms with van der Waals surface area (Å²) in [6.45, 7) is 5.20. The molecule has 0 radical (unpaired) electrons. The number of carbonyl (C=O) groups is 17. The minimum atomic E-state index is -1.89. The number of rotatable bonds is 47. The van der Waals surface area contributed by atoms with Crippen LogP contribution in [0.2, 0.25) is 0 Å². The highest BCUT2D eigenvalue weighted by molar-refractivity contribution is 6.02. The number of nitrogens with zero attached hydrogens (tertiary/aromatic N) is 3. The van der Waals surface area contributed by atoms with Gasteiger partial charge in [-0.3, -0.25) is 82.1 Å². The van der Waals surface area contributed by atoms with Crippen LogP contribution in [0.3, 0.4) is 0 Å². The molecule has 0 saturated carbocycles. The predicted octanol–water partition coefficient (Wildman–Crippen LogP) is -3.41. The SMILES string of the molecule is CC(C)C[C@H](NC(=O)[C@@H](COC(C)(C)C)NC(=O)[C@H](Cc1ccc(O)cc1)NC(=O)[C@H](CO)NC(=O)[C@H](Cc1c[nH]c2ccccc12)NC(=O)[C@H](Cc1c[nH]cn1)NC(=O)[C@@H]1CCC(=O)N1)C(=O)N[C@@H](CCCNC(=O)[C@H](Cc1ccc(O)cc1)NC(=O)[C@H](CO)NC(=O)[C@H](Cc1c[nH]c2ccccc12)NC(=O)[C@H](Cc1c[nH]cn1)NC(=O)[C@@H]1CCC(=O)N1)C(=O)N1CCC[C@H]1C(=O)NNC(N)=O. The lowest BCUT2D eigenvalue weighted by atomic mass is 10.0. The molecule has 4 aromatic heterocycles. The molecule has 7 heterocycles. The molecular formula is C92H118N24O22. The molecule has 11 rings (SSSR count). The summed E-state index contributed by atoms with van der Waals surface area (Å²) in [7, 11) is 0. The third-order valence-electron chi connectivity index (χ3n) is 23.3. The molecule has 18 amide bonds. The molecule has 0 unspecified atom stereocenters. The molecule has 0 spiro atoms. The number of nitrogens with one attached hydrogen (secondary N) is 20. The van der Waals surface area contributed by atoms with Crippen molar-refractivity contribution in [1.82, 2.24) is 120 Å². The number of imidazole rings is 2. The van der Waals surface area contributed by atoms with Crippen LogP contribution < -0.4 is 91.0 Å². The zero-order valence-corrected chi connectivity index (χ0v) is 76.6. The summed E-state index contributed by atoms with van der Waals surface area (Å²) >= 11 is 0. The zero-order valence-electron chi connectivity index (χ0n) is 76.6. The molecule has 3 aliphatic heterocycles. The van der Waals surface area contributed by atoms with E-state index < -0.39 is 205 Å². The van der Waals surface area contributed by atoms with Crippen molar-refractivity contribution in [3.8, 4) is 11.5 Å². The van der Waals surface area contributed by atoms with Gasteiger partial charge in [-0.1, -0.05) is 74.5 Å². The monoisotopic (exact) mass is 1910 g/mol. The van der Waals surface area contributed by atoms with Gasteiger partial charge in [-0.25, -0.2) is 20.2 Å². The van der Waals surface area contributed by atoms with E-state index >= 15 is 19.2 Å². The maximum absolute atomic E-state index is 15.2. The number of primary amides is 1. The first-order chi connectivity index (χ1) is 65.9. The molecule has 0 bridgehead atoms. The number of aromatic hydroxyl groups is 2. The first kappa shape index (κ1) is 103. The topological polar surface area (TPSA) is 691 Å². The second-order valence-electron chi connectivity index (χ2n) is 35.4. The highest BCUT2D eigenvalue weighted by atomic mass is 16.5. The Morgan fingerprint density at radius 2 is 0.862 bits per heavy atom. The Morgan fingerprint density at radius 1 is 0.464 bits per heavy atom. The highest BCUT2D eigenvalue weighted by Gasteiger charge is 2.43. The number of urea groups is 1. The third-order valence-corrected chi connectivity index (χ3v) is 23.3. The molecule has 3 aliphatic rings. The number of nitrogens with two attached hydrogens (primary N) is 1. The minimum absolute atomic E-state index is 0.0553. The summed E-state index contributed by atoms with van der Waals surface area (Å²) in [5.74, 6) is -14.6. The van der Waals surface area contributed by atoms with E-state index in [-0.39, 0.29) is 133 Å². The average Bonchev–Trinajstić information content (AvgIpc) is 1.66. The van der Waals surface area contributed by atoms with Gasteiger partial charge in [0.2, 0.25) is 88.6 Å². The number of likely N-dealkylation sites (tertiary alicyclic amines) is 1. The van der Waals surface area contributed by atoms with Crippen LogP contribution in [0.15, 0.2) is 135 Å². The first-order valence-corrected chi connectivity index (χ1v) is 45.3. The number of aliphatic hydroxyl groups is 2. The number of phenolic OH excluding ortho intramolecular Hbond substituents is 2. The van der Waals surface area contributed by atoms with E-state index in [1.54, 1.807) is 95.5 Å². The summed E-state index contributed by atoms with van der Waals surface area (Å²) in [5.41, 5.74) is 12.2. The van der Waals surface area contributed by atoms with Gasteiger partial charge in [0.15, 0.2) is 0 Å². The van der Waals surface area contributed by atoms with Gasteiger partial charge in [0.25, 0.3) is 5.91 Å². The quantitative estimate of drug-likeness (QED) is 0.0130. The number of aliphatic hydroxyl groups excluding tert-OH is 2. The Labute approximate surface area is 790 Å². The van der Waals surface area contributed by atoms with Gasteiger partial charge in [0, 0.05) is 111 Å². The van der Waals surface area contributed by atoms with Crippen LogP contribution >= 0.6 is 0 Å². The number of carbonyl (C=O) groups excluding carboxylic acids is 17. The molecule has 4 aromatic carbocycles. The van der Waals surface area contributed by atoms with Gasteiger partial charge in [0.05, 0.1) is 49.5 Å². The number of hydrazine groups is 1. The van der Waals surface area contributed by atoms with Crippen molar-refractivity contribution in [3.05, 3.63) is 168 Å². The molecule has 738 valence electrons. The number of aromatic amines is 4. The molecule has 0 aliphatic carbocycles. The average molecular weight is 1910 g/mol. The second kappa shape index (κ2) is 48.7. The maximum Gasteiger partial charge on any atom is 0.330 e. The normalized spacial score (nSPS) is 17.0. The molecule has 138 heavy (non-hydrogen) atoms. The van der Waals surface area contributed by atoms with E-state index in [2.05, 4.69) is 110 Å². The number of para-hydroxylation sites is 2. The van der Waals surface area contributed by atoms with Gasteiger partial charge < -0.3 is 130 Å². The molecule has 8 aromatic rings. The van der Waals surface area contributed by atoms with Crippen molar-refractivity contribution in [2.45, 2.75) is 221 Å². The number of hydrogen-bond acceptors (Lipinski definition) is 24. The Balaban J connectivity index is 0.801. The number of hydrogen-bond donors (Lipinski definition) is 25. The van der Waals surface area contributed by atoms with E-state index in [4.69, 9.17) is 10.5 Å². The molecule has 14 atom stereocenters. The van der Waals surface area contributed by atoms with E-state index in [1.807, 2.05) is 5.43 Å². The van der Waals surface area contributed by atoms with Gasteiger partial charge in [-0.15, -0.1) is 0 Å². The lowest BCUT2D eigenvalue weighted by Crippen LogP contribution is -2.62. The summed E-state index contributed by atoms with van der Waals surface area (Å²) in [5, 5.41) is 80.7. The highest BCUT2D eigenvalue weighted by Crippen LogP contribution is 2.26. The lowest BCUT2D eigenvalue weighted by Gasteiger charge is -2.31. The third kappa shape index (κ3) is 29.8. The van der Waals surface area contributed by atoms with Crippen molar-refractivity contribution in [2.75, 3.05) is 32.9 Å². The van der Waals surface area contributed by atoms with E-state index in [1.165, 1.54) is 73.6 Å². The molecule has 26 N–H and O–H groups in total. The Kier molecular flexibility index (Phi) is 36.4. The Morgan fingerprint density at radius 3 is 1.28 bits per heavy atom. The minimum Gasteiger partial charge on any atom is -0.508 e. The van der Waals surface area contributed by atoms with Crippen molar-refractivity contribution < 1.29 is 107 Å². The number of benzene rings is 4. The fraction of sp³-hybridized carbons (Fsp3) is 0.446. The Hall–Kier alpha value is -15.4. The van der Waals surface area contributed by atoms with Crippen LogP contribution in [-0.4, -0.2) is 279 Å². The summed E-state index contributed by atoms with van der Waals surface area (Å²) in [4.78, 5) is 262. The largest absolute Gasteiger partial charge is 0.508 e. The van der Waals surface area contributed by atoms with Crippen LogP contribution in [-0.2, 0) is 120 Å². The van der Waals surface area contributed by atoms with E-state index in [0.717, 1.165) is 4.90 Å². The smallest absolute Gasteiger partial charge is 0.330 e. The lowest BCUT2D eigenvalue weighted by molar-refractivity contribution is -0.142. The predicted molar refractivity (Wildman–Crippen MR) is 493 cm³/mol. The zero-order chi connectivity index (χ0) is 99.4. The van der Waals surface area contributed by atoms with Crippen molar-refractivity contribution in [3.63, 3.8) is 0 Å². The fourth-order valence-electron chi connectivity index (χ4n) is 16.1. The molecular weight excluding hydrogens is 1790 g/mol. The van der Waals surface area contributed by atoms with Crippen LogP contribution in [0, 0.1) is 5.92 Å². The number of aromatic nitrogens is 6. The number of H-pyrrole nitrogens is 4. The molecule has 46 nitrogen and oxygen atoms in total. The summed E-state index contributed by atoms with van der Waals surface area (Å²) in [6.07, 6.45) is 7.49. The second-order valence-corrected chi connectivity index (χ2v) is 35.4. The van der Waals surface area contributed by atoms with Crippen LogP contribution in [0.4, 0.5) is 4.79 Å². The Bertz CT molecular complexity index is 5650. The van der Waals surface area contributed by atoms with Crippen molar-refractivity contribution >= 4 is 122 Å². The number of amides is 18. The van der Waals surface area contributed by atoms with E-state index in [9.17, 15) is 82.8 Å². The van der Waals surface area contributed by atoms with Gasteiger partial charge in [-0.05, 0) is 130 Å². The standard InChI is InChI=1S/C92H118N24O22/c1-48(2)32-64(104-88(134)73(45-138-92(3,4)5)113-81(127)66(34-50-20-24-56(120)25-21-50)106-87(133)72(44-118)112-83(129)68(36-52-40-98-60-15-9-7-13-58(52)60)108-85(131)70(38-54-42-95-47-100-54)110-79(125)62-27-29-76(122)102-62)80(126)103-63(90(136)116-31-11-17-74(116)89(135)114-115-91(93)137)16-10-30-96-77(123)65(33-49-18-22-55(119)23-19-49)105-86(132)71(43-117)111-82(128)67(35-51-39-97-59-14-8-6-12-57(51)59)107-84(130)69(37-53-41-94-46-99-53)109-78(124)61-26-28-75(121)101-61/h6-9,12-15,18-25,39-42,46-48,61-74,97-98,117-120H,10-11,16-17,26-38,43-45H2,1-5H3,(H,94,99)(H,95,100)(H,96,123)(H,101,121)(H,102,122)(H,103,126)(H,104,134)(H,105,132)(H,106,133)(H,107,130)(H,108,131)(H,109,124)(H,110,125)(H,111,128)(H,112,129)(H,113,127)(H,114,135)(H3,93,115,137)/t61-,62-,63-,64-,65-,66-,67-,68-,69-,70-,71-,72-,73+,74-/m0/s1. The van der Waals surface area contributed by atoms with E-state index in [0.29, 0.717) is 55.4 Å². The fourth-order valence-corrected chi connectivity index (χ4v) is 16.1. The van der Waals surface area contributed by atoms with Crippen molar-refractivity contribution in [2.24, 2.45) is 11.7 Å². The van der Waals surface area contributed by atoms with Crippen LogP contribution in [0.5, 0.6) is 11.5 Å². The first-order valence-electron chi connectivity index (χ1n) is 45.3. The summed E-state index contributed by atoms with van der Waals surface area (Å²) < 4.78 is 6.12.